The van der Waals surface area contributed by atoms with Crippen molar-refractivity contribution in [3.8, 4) is 11.4 Å². The van der Waals surface area contributed by atoms with Crippen molar-refractivity contribution in [3.05, 3.63) is 29.3 Å². The average Bonchev–Trinajstić information content (AvgIpc) is 2.87. The third-order valence-electron chi connectivity index (χ3n) is 3.63. The first kappa shape index (κ1) is 17.8. The molecule has 1 aromatic heterocycles. The topological polar surface area (TPSA) is 59.8 Å². The Morgan fingerprint density at radius 2 is 1.96 bits per heavy atom. The minimum Gasteiger partial charge on any atom is -0.351 e. The first-order valence-corrected chi connectivity index (χ1v) is 8.78. The number of nitrogens with one attached hydrogen (secondary N) is 1. The number of aromatic nitrogens is 3. The van der Waals surface area contributed by atoms with Gasteiger partial charge in [-0.3, -0.25) is 4.79 Å². The number of rotatable bonds is 6. The molecule has 0 saturated heterocycles. The second-order valence-electron chi connectivity index (χ2n) is 5.95. The molecule has 0 spiro atoms. The molecule has 2 rings (SSSR count). The van der Waals surface area contributed by atoms with Gasteiger partial charge in [0.15, 0.2) is 11.0 Å². The lowest BCUT2D eigenvalue weighted by atomic mass is 10.0. The summed E-state index contributed by atoms with van der Waals surface area (Å²) in [4.78, 5) is 12.0. The zero-order chi connectivity index (χ0) is 17.0. The summed E-state index contributed by atoms with van der Waals surface area (Å²) >= 11 is 7.28. The van der Waals surface area contributed by atoms with Crippen molar-refractivity contribution >= 4 is 29.3 Å². The minimum absolute atomic E-state index is 0.00195. The van der Waals surface area contributed by atoms with E-state index < -0.39 is 0 Å². The SMILES string of the molecule is CCC(C)(C)NC(=O)CSc1nnc(-c2ccc(Cl)cc2)n1C. The van der Waals surface area contributed by atoms with Crippen molar-refractivity contribution < 1.29 is 4.79 Å². The van der Waals surface area contributed by atoms with Gasteiger partial charge in [0.25, 0.3) is 0 Å². The number of benzene rings is 1. The Bertz CT molecular complexity index is 682. The zero-order valence-corrected chi connectivity index (χ0v) is 15.3. The molecule has 0 saturated carbocycles. The molecule has 0 aliphatic carbocycles. The quantitative estimate of drug-likeness (QED) is 0.808. The van der Waals surface area contributed by atoms with E-state index in [2.05, 4.69) is 22.4 Å². The molecule has 1 amide bonds. The van der Waals surface area contributed by atoms with Crippen LogP contribution in [-0.2, 0) is 11.8 Å². The van der Waals surface area contributed by atoms with E-state index in [9.17, 15) is 4.79 Å². The highest BCUT2D eigenvalue weighted by Crippen LogP contribution is 2.23. The van der Waals surface area contributed by atoms with Crippen LogP contribution in [0.3, 0.4) is 0 Å². The lowest BCUT2D eigenvalue weighted by Crippen LogP contribution is -2.43. The second-order valence-corrected chi connectivity index (χ2v) is 7.33. The van der Waals surface area contributed by atoms with Crippen LogP contribution in [0.1, 0.15) is 27.2 Å². The molecule has 0 bridgehead atoms. The summed E-state index contributed by atoms with van der Waals surface area (Å²) in [6.45, 7) is 6.07. The van der Waals surface area contributed by atoms with Gasteiger partial charge in [0.2, 0.25) is 5.91 Å². The fourth-order valence-electron chi connectivity index (χ4n) is 1.92. The fourth-order valence-corrected chi connectivity index (χ4v) is 2.76. The van der Waals surface area contributed by atoms with E-state index in [1.807, 2.05) is 49.7 Å². The minimum atomic E-state index is -0.188. The summed E-state index contributed by atoms with van der Waals surface area (Å²) in [7, 11) is 1.89. The highest BCUT2D eigenvalue weighted by molar-refractivity contribution is 7.99. The van der Waals surface area contributed by atoms with Crippen LogP contribution in [0.4, 0.5) is 0 Å². The molecule has 0 atom stereocenters. The number of carbonyl (C=O) groups is 1. The van der Waals surface area contributed by atoms with E-state index in [0.717, 1.165) is 17.8 Å². The molecule has 23 heavy (non-hydrogen) atoms. The molecule has 0 aliphatic heterocycles. The molecular formula is C16H21ClN4OS. The number of halogens is 1. The van der Waals surface area contributed by atoms with E-state index in [1.165, 1.54) is 11.8 Å². The first-order valence-electron chi connectivity index (χ1n) is 7.41. The standard InChI is InChI=1S/C16H21ClN4OS/c1-5-16(2,3)18-13(22)10-23-15-20-19-14(21(15)4)11-6-8-12(17)9-7-11/h6-9H,5,10H2,1-4H3,(H,18,22). The molecule has 2 aromatic rings. The molecule has 1 aromatic carbocycles. The Balaban J connectivity index is 2.03. The second kappa shape index (κ2) is 7.36. The van der Waals surface area contributed by atoms with Crippen molar-refractivity contribution in [2.24, 2.45) is 7.05 Å². The fraction of sp³-hybridized carbons (Fsp3) is 0.438. The monoisotopic (exact) mass is 352 g/mol. The molecule has 0 aliphatic rings. The third kappa shape index (κ3) is 4.72. The van der Waals surface area contributed by atoms with Gasteiger partial charge in [0.1, 0.15) is 0 Å². The maximum atomic E-state index is 12.0. The molecule has 1 heterocycles. The third-order valence-corrected chi connectivity index (χ3v) is 4.90. The number of carbonyl (C=O) groups excluding carboxylic acids is 1. The Morgan fingerprint density at radius 1 is 1.30 bits per heavy atom. The van der Waals surface area contributed by atoms with Gasteiger partial charge < -0.3 is 9.88 Å². The maximum Gasteiger partial charge on any atom is 0.230 e. The summed E-state index contributed by atoms with van der Waals surface area (Å²) in [5.74, 6) is 1.06. The van der Waals surface area contributed by atoms with Gasteiger partial charge in [-0.15, -0.1) is 10.2 Å². The van der Waals surface area contributed by atoms with Crippen LogP contribution >= 0.6 is 23.4 Å². The molecule has 5 nitrogen and oxygen atoms in total. The van der Waals surface area contributed by atoms with Crippen LogP contribution in [0, 0.1) is 0 Å². The summed E-state index contributed by atoms with van der Waals surface area (Å²) in [6.07, 6.45) is 0.883. The summed E-state index contributed by atoms with van der Waals surface area (Å²) in [6, 6.07) is 7.44. The number of hydrogen-bond acceptors (Lipinski definition) is 4. The number of amides is 1. The summed E-state index contributed by atoms with van der Waals surface area (Å²) in [5, 5.41) is 12.8. The van der Waals surface area contributed by atoms with Crippen LogP contribution in [0.2, 0.25) is 5.02 Å². The zero-order valence-electron chi connectivity index (χ0n) is 13.8. The van der Waals surface area contributed by atoms with Gasteiger partial charge in [-0.25, -0.2) is 0 Å². The van der Waals surface area contributed by atoms with E-state index in [4.69, 9.17) is 11.6 Å². The van der Waals surface area contributed by atoms with Gasteiger partial charge in [-0.2, -0.15) is 0 Å². The molecule has 0 radical (unpaired) electrons. The summed E-state index contributed by atoms with van der Waals surface area (Å²) < 4.78 is 1.88. The Morgan fingerprint density at radius 3 is 2.57 bits per heavy atom. The van der Waals surface area contributed by atoms with Gasteiger partial charge >= 0.3 is 0 Å². The Kier molecular flexibility index (Phi) is 5.70. The highest BCUT2D eigenvalue weighted by Gasteiger charge is 2.19. The van der Waals surface area contributed by atoms with E-state index in [-0.39, 0.29) is 11.4 Å². The Labute approximate surface area is 145 Å². The predicted molar refractivity (Wildman–Crippen MR) is 94.7 cm³/mol. The van der Waals surface area contributed by atoms with Crippen molar-refractivity contribution in [2.45, 2.75) is 37.9 Å². The smallest absolute Gasteiger partial charge is 0.230 e. The van der Waals surface area contributed by atoms with Crippen LogP contribution in [-0.4, -0.2) is 32.0 Å². The van der Waals surface area contributed by atoms with Crippen LogP contribution in [0.5, 0.6) is 0 Å². The number of nitrogens with zero attached hydrogens (tertiary/aromatic N) is 3. The average molecular weight is 353 g/mol. The number of hydrogen-bond donors (Lipinski definition) is 1. The van der Waals surface area contributed by atoms with Crippen molar-refractivity contribution in [3.63, 3.8) is 0 Å². The largest absolute Gasteiger partial charge is 0.351 e. The first-order chi connectivity index (χ1) is 10.8. The highest BCUT2D eigenvalue weighted by atomic mass is 35.5. The van der Waals surface area contributed by atoms with Crippen LogP contribution in [0.25, 0.3) is 11.4 Å². The lowest BCUT2D eigenvalue weighted by molar-refractivity contribution is -0.120. The van der Waals surface area contributed by atoms with E-state index in [1.54, 1.807) is 0 Å². The molecule has 124 valence electrons. The molecule has 0 unspecified atom stereocenters. The van der Waals surface area contributed by atoms with Crippen molar-refractivity contribution in [1.82, 2.24) is 20.1 Å². The van der Waals surface area contributed by atoms with E-state index >= 15 is 0 Å². The van der Waals surface area contributed by atoms with Gasteiger partial charge in [0.05, 0.1) is 5.75 Å². The molecule has 0 fully saturated rings. The van der Waals surface area contributed by atoms with Crippen molar-refractivity contribution in [1.29, 1.82) is 0 Å². The summed E-state index contributed by atoms with van der Waals surface area (Å²) in [5.41, 5.74) is 0.749. The van der Waals surface area contributed by atoms with Gasteiger partial charge in [-0.05, 0) is 44.5 Å². The van der Waals surface area contributed by atoms with Gasteiger partial charge in [-0.1, -0.05) is 30.3 Å². The normalized spacial score (nSPS) is 11.5. The molecule has 1 N–H and O–H groups in total. The Hall–Kier alpha value is -1.53. The maximum absolute atomic E-state index is 12.0. The number of thioether (sulfide) groups is 1. The van der Waals surface area contributed by atoms with Crippen LogP contribution in [0.15, 0.2) is 29.4 Å². The molecular weight excluding hydrogens is 332 g/mol. The predicted octanol–water partition coefficient (Wildman–Crippen LogP) is 3.53. The van der Waals surface area contributed by atoms with Gasteiger partial charge in [0, 0.05) is 23.2 Å². The van der Waals surface area contributed by atoms with Crippen LogP contribution < -0.4 is 5.32 Å². The lowest BCUT2D eigenvalue weighted by Gasteiger charge is -2.24. The van der Waals surface area contributed by atoms with E-state index in [0.29, 0.717) is 15.9 Å². The molecule has 7 heteroatoms. The van der Waals surface area contributed by atoms with Crippen molar-refractivity contribution in [2.75, 3.05) is 5.75 Å².